The minimum atomic E-state index is -0.261. The van der Waals surface area contributed by atoms with Crippen molar-refractivity contribution in [2.45, 2.75) is 50.9 Å². The smallest absolute Gasteiger partial charge is 0.251 e. The van der Waals surface area contributed by atoms with E-state index in [0.717, 1.165) is 45.3 Å². The number of ether oxygens (including phenoxy) is 1. The van der Waals surface area contributed by atoms with Crippen LogP contribution in [-0.4, -0.2) is 67.2 Å². The lowest BCUT2D eigenvalue weighted by Gasteiger charge is -2.37. The summed E-state index contributed by atoms with van der Waals surface area (Å²) in [6.45, 7) is 6.00. The summed E-state index contributed by atoms with van der Waals surface area (Å²) in [6, 6.07) is 0.371. The normalized spacial score (nSPS) is 29.6. The molecular weight excluding hydrogens is 242 g/mol. The summed E-state index contributed by atoms with van der Waals surface area (Å²) in [5.74, 6) is 0.144. The van der Waals surface area contributed by atoms with Crippen LogP contribution >= 0.6 is 0 Å². The van der Waals surface area contributed by atoms with Crippen LogP contribution in [0, 0.1) is 0 Å². The molecule has 2 N–H and O–H groups in total. The van der Waals surface area contributed by atoms with Gasteiger partial charge in [0.2, 0.25) is 0 Å². The van der Waals surface area contributed by atoms with E-state index < -0.39 is 0 Å². The van der Waals surface area contributed by atoms with Crippen LogP contribution < -0.4 is 5.73 Å². The SMILES string of the molecule is CCN1CCC(N(C)C(=O)[C@@H]2CC[C@H](CN)O2)CC1. The van der Waals surface area contributed by atoms with E-state index in [1.165, 1.54) is 0 Å². The average Bonchev–Trinajstić information content (AvgIpc) is 2.94. The average molecular weight is 269 g/mol. The number of piperidine rings is 1. The highest BCUT2D eigenvalue weighted by Gasteiger charge is 2.34. The lowest BCUT2D eigenvalue weighted by atomic mass is 10.0. The molecule has 1 amide bonds. The van der Waals surface area contributed by atoms with Gasteiger partial charge in [0.15, 0.2) is 0 Å². The number of hydrogen-bond acceptors (Lipinski definition) is 4. The van der Waals surface area contributed by atoms with Gasteiger partial charge in [-0.15, -0.1) is 0 Å². The standard InChI is InChI=1S/C14H27N3O2/c1-3-17-8-6-11(7-9-17)16(2)14(18)13-5-4-12(10-15)19-13/h11-13H,3-10,15H2,1-2H3/t12-,13+/m1/s1. The maximum absolute atomic E-state index is 12.4. The minimum Gasteiger partial charge on any atom is -0.364 e. The molecule has 2 heterocycles. The molecule has 2 aliphatic heterocycles. The Labute approximate surface area is 116 Å². The van der Waals surface area contributed by atoms with Gasteiger partial charge in [0.25, 0.3) is 5.91 Å². The molecular formula is C14H27N3O2. The third-order valence-corrected chi connectivity index (χ3v) is 4.55. The van der Waals surface area contributed by atoms with Gasteiger partial charge >= 0.3 is 0 Å². The van der Waals surface area contributed by atoms with E-state index >= 15 is 0 Å². The van der Waals surface area contributed by atoms with Gasteiger partial charge in [-0.1, -0.05) is 6.92 Å². The summed E-state index contributed by atoms with van der Waals surface area (Å²) in [5.41, 5.74) is 5.59. The predicted octanol–water partition coefficient (Wildman–Crippen LogP) is 0.435. The van der Waals surface area contributed by atoms with Crippen LogP contribution in [-0.2, 0) is 9.53 Å². The quantitative estimate of drug-likeness (QED) is 0.804. The van der Waals surface area contributed by atoms with Crippen molar-refractivity contribution in [1.29, 1.82) is 0 Å². The Morgan fingerprint density at radius 3 is 2.53 bits per heavy atom. The number of rotatable bonds is 4. The summed E-state index contributed by atoms with van der Waals surface area (Å²) in [4.78, 5) is 16.8. The van der Waals surface area contributed by atoms with Gasteiger partial charge < -0.3 is 20.3 Å². The van der Waals surface area contributed by atoms with E-state index in [2.05, 4.69) is 11.8 Å². The number of likely N-dealkylation sites (N-methyl/N-ethyl adjacent to an activating group) is 1. The Morgan fingerprint density at radius 2 is 2.00 bits per heavy atom. The zero-order valence-corrected chi connectivity index (χ0v) is 12.2. The van der Waals surface area contributed by atoms with Crippen molar-refractivity contribution in [2.24, 2.45) is 5.73 Å². The van der Waals surface area contributed by atoms with Gasteiger partial charge in [0.05, 0.1) is 6.10 Å². The highest BCUT2D eigenvalue weighted by atomic mass is 16.5. The fourth-order valence-corrected chi connectivity index (χ4v) is 3.09. The van der Waals surface area contributed by atoms with Gasteiger partial charge in [-0.3, -0.25) is 4.79 Å². The molecule has 0 saturated carbocycles. The molecule has 2 fully saturated rings. The van der Waals surface area contributed by atoms with Crippen LogP contribution in [0.15, 0.2) is 0 Å². The van der Waals surface area contributed by atoms with E-state index in [0.29, 0.717) is 12.6 Å². The van der Waals surface area contributed by atoms with Crippen molar-refractivity contribution in [3.05, 3.63) is 0 Å². The molecule has 0 aromatic carbocycles. The first kappa shape index (κ1) is 14.8. The highest BCUT2D eigenvalue weighted by Crippen LogP contribution is 2.23. The van der Waals surface area contributed by atoms with Gasteiger partial charge in [0.1, 0.15) is 6.10 Å². The van der Waals surface area contributed by atoms with Crippen LogP contribution in [0.2, 0.25) is 0 Å². The first-order valence-corrected chi connectivity index (χ1v) is 7.50. The molecule has 0 aliphatic carbocycles. The van der Waals surface area contributed by atoms with Crippen LogP contribution in [0.5, 0.6) is 0 Å². The molecule has 5 heteroatoms. The summed E-state index contributed by atoms with van der Waals surface area (Å²) >= 11 is 0. The van der Waals surface area contributed by atoms with Gasteiger partial charge in [0, 0.05) is 32.7 Å². The molecule has 0 spiro atoms. The van der Waals surface area contributed by atoms with E-state index in [1.54, 1.807) is 0 Å². The van der Waals surface area contributed by atoms with E-state index in [9.17, 15) is 4.79 Å². The first-order valence-electron chi connectivity index (χ1n) is 7.50. The number of hydrogen-bond donors (Lipinski definition) is 1. The molecule has 0 radical (unpaired) electrons. The fourth-order valence-electron chi connectivity index (χ4n) is 3.09. The summed E-state index contributed by atoms with van der Waals surface area (Å²) < 4.78 is 5.70. The van der Waals surface area contributed by atoms with Crippen molar-refractivity contribution in [3.8, 4) is 0 Å². The Kier molecular flexibility index (Phi) is 5.19. The molecule has 5 nitrogen and oxygen atoms in total. The molecule has 110 valence electrons. The number of nitrogens with zero attached hydrogens (tertiary/aromatic N) is 2. The topological polar surface area (TPSA) is 58.8 Å². The Morgan fingerprint density at radius 1 is 1.32 bits per heavy atom. The van der Waals surface area contributed by atoms with Crippen LogP contribution in [0.1, 0.15) is 32.6 Å². The number of nitrogens with two attached hydrogens (primary N) is 1. The number of likely N-dealkylation sites (tertiary alicyclic amines) is 1. The summed E-state index contributed by atoms with van der Waals surface area (Å²) in [5, 5.41) is 0. The summed E-state index contributed by atoms with van der Waals surface area (Å²) in [6.07, 6.45) is 3.69. The number of amides is 1. The molecule has 2 atom stereocenters. The molecule has 0 aromatic rings. The van der Waals surface area contributed by atoms with Gasteiger partial charge in [-0.25, -0.2) is 0 Å². The van der Waals surface area contributed by atoms with E-state index in [-0.39, 0.29) is 18.1 Å². The van der Waals surface area contributed by atoms with Crippen molar-refractivity contribution >= 4 is 5.91 Å². The maximum Gasteiger partial charge on any atom is 0.251 e. The Bertz CT molecular complexity index is 303. The number of carbonyl (C=O) groups excluding carboxylic acids is 1. The maximum atomic E-state index is 12.4. The predicted molar refractivity (Wildman–Crippen MR) is 74.9 cm³/mol. The molecule has 2 aliphatic rings. The third-order valence-electron chi connectivity index (χ3n) is 4.55. The second-order valence-electron chi connectivity index (χ2n) is 5.67. The fraction of sp³-hybridized carbons (Fsp3) is 0.929. The molecule has 0 bridgehead atoms. The van der Waals surface area contributed by atoms with Gasteiger partial charge in [-0.2, -0.15) is 0 Å². The zero-order valence-electron chi connectivity index (χ0n) is 12.2. The number of carbonyl (C=O) groups is 1. The second-order valence-corrected chi connectivity index (χ2v) is 5.67. The summed E-state index contributed by atoms with van der Waals surface area (Å²) in [7, 11) is 1.92. The Hall–Kier alpha value is -0.650. The molecule has 0 unspecified atom stereocenters. The first-order chi connectivity index (χ1) is 9.15. The van der Waals surface area contributed by atoms with Crippen LogP contribution in [0.3, 0.4) is 0 Å². The van der Waals surface area contributed by atoms with Crippen LogP contribution in [0.4, 0.5) is 0 Å². The molecule has 0 aromatic heterocycles. The molecule has 2 rings (SSSR count). The van der Waals surface area contributed by atoms with Gasteiger partial charge in [-0.05, 0) is 32.2 Å². The third kappa shape index (κ3) is 3.46. The Balaban J connectivity index is 1.83. The lowest BCUT2D eigenvalue weighted by molar-refractivity contribution is -0.144. The van der Waals surface area contributed by atoms with E-state index in [4.69, 9.17) is 10.5 Å². The molecule has 19 heavy (non-hydrogen) atoms. The zero-order chi connectivity index (χ0) is 13.8. The van der Waals surface area contributed by atoms with E-state index in [1.807, 2.05) is 11.9 Å². The van der Waals surface area contributed by atoms with Crippen molar-refractivity contribution in [3.63, 3.8) is 0 Å². The molecule has 2 saturated heterocycles. The van der Waals surface area contributed by atoms with Crippen molar-refractivity contribution in [2.75, 3.05) is 33.2 Å². The lowest BCUT2D eigenvalue weighted by Crippen LogP contribution is -2.48. The minimum absolute atomic E-state index is 0.0734. The monoisotopic (exact) mass is 269 g/mol. The second kappa shape index (κ2) is 6.68. The van der Waals surface area contributed by atoms with Crippen molar-refractivity contribution in [1.82, 2.24) is 9.80 Å². The highest BCUT2D eigenvalue weighted by molar-refractivity contribution is 5.81. The van der Waals surface area contributed by atoms with Crippen molar-refractivity contribution < 1.29 is 9.53 Å². The largest absolute Gasteiger partial charge is 0.364 e. The van der Waals surface area contributed by atoms with Crippen LogP contribution in [0.25, 0.3) is 0 Å².